The molecule has 0 aliphatic heterocycles. The van der Waals surface area contributed by atoms with Gasteiger partial charge in [0.2, 0.25) is 11.8 Å². The van der Waals surface area contributed by atoms with Crippen LogP contribution in [0.1, 0.15) is 34.0 Å². The summed E-state index contributed by atoms with van der Waals surface area (Å²) in [6.45, 7) is 0.737. The number of alkyl carbamates (subject to hydrolysis) is 1. The molecule has 0 spiro atoms. The zero-order chi connectivity index (χ0) is 33.4. The summed E-state index contributed by atoms with van der Waals surface area (Å²) in [6.07, 6.45) is 4.65. The number of imidazole rings is 1. The Kier molecular flexibility index (Phi) is 12.3. The van der Waals surface area contributed by atoms with Gasteiger partial charge in [-0.25, -0.2) is 9.78 Å². The zero-order valence-corrected chi connectivity index (χ0v) is 26.5. The van der Waals surface area contributed by atoms with Gasteiger partial charge >= 0.3 is 6.09 Å². The van der Waals surface area contributed by atoms with Crippen molar-refractivity contribution < 1.29 is 23.9 Å². The Morgan fingerprint density at radius 2 is 1.48 bits per heavy atom. The Labute approximate surface area is 279 Å². The van der Waals surface area contributed by atoms with Gasteiger partial charge in [0.25, 0.3) is 0 Å². The Bertz CT molecular complexity index is 1700. The predicted molar refractivity (Wildman–Crippen MR) is 180 cm³/mol. The van der Waals surface area contributed by atoms with Crippen LogP contribution in [0.2, 0.25) is 0 Å². The zero-order valence-electron chi connectivity index (χ0n) is 26.5. The quantitative estimate of drug-likeness (QED) is 0.140. The lowest BCUT2D eigenvalue weighted by molar-refractivity contribution is -0.137. The van der Waals surface area contributed by atoms with E-state index in [1.165, 1.54) is 11.2 Å². The van der Waals surface area contributed by atoms with Crippen LogP contribution < -0.4 is 15.4 Å². The van der Waals surface area contributed by atoms with Crippen molar-refractivity contribution in [2.24, 2.45) is 0 Å². The fraction of sp³-hybridized carbons (Fsp3) is 0.216. The molecule has 3 amide bonds. The van der Waals surface area contributed by atoms with E-state index < -0.39 is 12.0 Å². The number of rotatable bonds is 16. The van der Waals surface area contributed by atoms with Gasteiger partial charge in [0, 0.05) is 44.1 Å². The largest absolute Gasteiger partial charge is 0.489 e. The minimum Gasteiger partial charge on any atom is -0.489 e. The van der Waals surface area contributed by atoms with Crippen LogP contribution in [0.3, 0.4) is 0 Å². The number of nitrogens with zero attached hydrogens (tertiary/aromatic N) is 3. The van der Waals surface area contributed by atoms with Crippen molar-refractivity contribution in [1.82, 2.24) is 30.5 Å². The molecule has 0 saturated carbocycles. The molecular weight excluding hydrogens is 608 g/mol. The SMILES string of the molecule is O=C(CN(Cc1ccc(OCc2ccccc2)cc1)C(=O)[C@@H](CNC(=O)OCc1ccccc1)c1c[nH]cn1)NCCc1ccccn1. The van der Waals surface area contributed by atoms with E-state index >= 15 is 0 Å². The molecule has 5 aromatic rings. The summed E-state index contributed by atoms with van der Waals surface area (Å²) in [7, 11) is 0. The molecule has 1 atom stereocenters. The first-order valence-electron chi connectivity index (χ1n) is 15.7. The number of aromatic nitrogens is 3. The van der Waals surface area contributed by atoms with E-state index in [2.05, 4.69) is 25.6 Å². The lowest BCUT2D eigenvalue weighted by Crippen LogP contribution is -2.45. The third-order valence-corrected chi connectivity index (χ3v) is 7.46. The van der Waals surface area contributed by atoms with Gasteiger partial charge in [0.1, 0.15) is 19.0 Å². The number of pyridine rings is 1. The molecule has 2 aromatic heterocycles. The molecule has 5 rings (SSSR count). The molecular formula is C37H38N6O5. The number of hydrogen-bond donors (Lipinski definition) is 3. The molecule has 2 heterocycles. The molecule has 0 fully saturated rings. The lowest BCUT2D eigenvalue weighted by atomic mass is 10.0. The van der Waals surface area contributed by atoms with Crippen molar-refractivity contribution in [1.29, 1.82) is 0 Å². The molecule has 11 nitrogen and oxygen atoms in total. The van der Waals surface area contributed by atoms with E-state index in [0.29, 0.717) is 31.0 Å². The van der Waals surface area contributed by atoms with E-state index in [4.69, 9.17) is 9.47 Å². The van der Waals surface area contributed by atoms with Gasteiger partial charge in [0.05, 0.1) is 24.5 Å². The maximum absolute atomic E-state index is 14.2. The lowest BCUT2D eigenvalue weighted by Gasteiger charge is -2.27. The van der Waals surface area contributed by atoms with Crippen LogP contribution in [-0.4, -0.2) is 57.4 Å². The standard InChI is InChI=1S/C37H38N6O5/c44-35(40-20-18-31-13-7-8-19-39-31)24-43(23-28-14-16-32(17-15-28)47-25-29-9-3-1-4-10-29)36(45)33(34-22-38-27-42-34)21-41-37(46)48-26-30-11-5-2-6-12-30/h1-17,19,22,27,33H,18,20-21,23-26H2,(H,38,42)(H,40,44)(H,41,46)/t33-/m0/s1. The van der Waals surface area contributed by atoms with Crippen LogP contribution in [-0.2, 0) is 40.5 Å². The summed E-state index contributed by atoms with van der Waals surface area (Å²) in [5.41, 5.74) is 3.96. The summed E-state index contributed by atoms with van der Waals surface area (Å²) in [5.74, 6) is -0.900. The minimum absolute atomic E-state index is 0.0820. The van der Waals surface area contributed by atoms with Crippen molar-refractivity contribution >= 4 is 17.9 Å². The molecule has 0 aliphatic rings. The molecule has 0 radical (unpaired) electrons. The Balaban J connectivity index is 1.26. The highest BCUT2D eigenvalue weighted by molar-refractivity contribution is 5.88. The average Bonchev–Trinajstić information content (AvgIpc) is 3.66. The van der Waals surface area contributed by atoms with Crippen LogP contribution in [0, 0.1) is 0 Å². The van der Waals surface area contributed by atoms with E-state index in [1.54, 1.807) is 12.4 Å². The first-order valence-corrected chi connectivity index (χ1v) is 15.7. The fourth-order valence-corrected chi connectivity index (χ4v) is 4.93. The summed E-state index contributed by atoms with van der Waals surface area (Å²) in [6, 6.07) is 32.2. The maximum atomic E-state index is 14.2. The van der Waals surface area contributed by atoms with Crippen molar-refractivity contribution in [3.05, 3.63) is 150 Å². The average molecular weight is 647 g/mol. The van der Waals surface area contributed by atoms with Gasteiger partial charge in [-0.1, -0.05) is 78.9 Å². The van der Waals surface area contributed by atoms with E-state index in [9.17, 15) is 14.4 Å². The number of hydrogen-bond acceptors (Lipinski definition) is 7. The molecule has 0 saturated heterocycles. The second-order valence-corrected chi connectivity index (χ2v) is 11.0. The van der Waals surface area contributed by atoms with Gasteiger partial charge in [0.15, 0.2) is 0 Å². The van der Waals surface area contributed by atoms with E-state index in [-0.39, 0.29) is 38.1 Å². The van der Waals surface area contributed by atoms with E-state index in [1.807, 2.05) is 103 Å². The summed E-state index contributed by atoms with van der Waals surface area (Å²) < 4.78 is 11.3. The van der Waals surface area contributed by atoms with Crippen molar-refractivity contribution in [2.45, 2.75) is 32.1 Å². The van der Waals surface area contributed by atoms with Crippen molar-refractivity contribution in [2.75, 3.05) is 19.6 Å². The van der Waals surface area contributed by atoms with Gasteiger partial charge in [-0.05, 0) is 41.0 Å². The third kappa shape index (κ3) is 10.5. The monoisotopic (exact) mass is 646 g/mol. The smallest absolute Gasteiger partial charge is 0.407 e. The molecule has 3 aromatic carbocycles. The molecule has 3 N–H and O–H groups in total. The van der Waals surface area contributed by atoms with Gasteiger partial charge < -0.3 is 30.0 Å². The minimum atomic E-state index is -0.879. The Hall–Kier alpha value is -5.97. The van der Waals surface area contributed by atoms with Crippen LogP contribution in [0.15, 0.2) is 122 Å². The first kappa shape index (κ1) is 33.4. The number of carbonyl (C=O) groups is 3. The molecule has 0 bridgehead atoms. The van der Waals surface area contributed by atoms with Crippen LogP contribution in [0.4, 0.5) is 4.79 Å². The van der Waals surface area contributed by atoms with Crippen LogP contribution in [0.5, 0.6) is 5.75 Å². The van der Waals surface area contributed by atoms with Crippen LogP contribution in [0.25, 0.3) is 0 Å². The molecule has 11 heteroatoms. The molecule has 48 heavy (non-hydrogen) atoms. The number of ether oxygens (including phenoxy) is 2. The number of amides is 3. The fourth-order valence-electron chi connectivity index (χ4n) is 4.93. The van der Waals surface area contributed by atoms with Gasteiger partial charge in [-0.3, -0.25) is 14.6 Å². The van der Waals surface area contributed by atoms with Gasteiger partial charge in [-0.2, -0.15) is 0 Å². The van der Waals surface area contributed by atoms with Crippen LogP contribution >= 0.6 is 0 Å². The number of H-pyrrole nitrogens is 1. The van der Waals surface area contributed by atoms with Gasteiger partial charge in [-0.15, -0.1) is 0 Å². The number of carbonyl (C=O) groups excluding carboxylic acids is 3. The number of benzene rings is 3. The van der Waals surface area contributed by atoms with E-state index in [0.717, 1.165) is 22.4 Å². The Morgan fingerprint density at radius 3 is 2.15 bits per heavy atom. The topological polar surface area (TPSA) is 139 Å². The first-order chi connectivity index (χ1) is 23.5. The Morgan fingerprint density at radius 1 is 0.771 bits per heavy atom. The molecule has 0 aliphatic carbocycles. The molecule has 246 valence electrons. The highest BCUT2D eigenvalue weighted by Gasteiger charge is 2.29. The summed E-state index contributed by atoms with van der Waals surface area (Å²) >= 11 is 0. The summed E-state index contributed by atoms with van der Waals surface area (Å²) in [5, 5.41) is 5.59. The number of aromatic amines is 1. The van der Waals surface area contributed by atoms with Crippen molar-refractivity contribution in [3.63, 3.8) is 0 Å². The van der Waals surface area contributed by atoms with Crippen molar-refractivity contribution in [3.8, 4) is 5.75 Å². The second kappa shape index (κ2) is 17.7. The number of nitrogens with one attached hydrogen (secondary N) is 3. The highest BCUT2D eigenvalue weighted by atomic mass is 16.5. The second-order valence-electron chi connectivity index (χ2n) is 11.0. The normalized spacial score (nSPS) is 11.2. The summed E-state index contributed by atoms with van der Waals surface area (Å²) in [4.78, 5) is 52.8. The highest BCUT2D eigenvalue weighted by Crippen LogP contribution is 2.20. The maximum Gasteiger partial charge on any atom is 0.407 e. The third-order valence-electron chi connectivity index (χ3n) is 7.46. The molecule has 0 unspecified atom stereocenters. The predicted octanol–water partition coefficient (Wildman–Crippen LogP) is 4.78.